The van der Waals surface area contributed by atoms with Gasteiger partial charge in [-0.3, -0.25) is 4.79 Å². The highest BCUT2D eigenvalue weighted by molar-refractivity contribution is 5.91. The lowest BCUT2D eigenvalue weighted by Crippen LogP contribution is -3.11. The average molecular weight is 341 g/mol. The Labute approximate surface area is 148 Å². The number of carbonyl (C=O) groups excluding carboxylic acids is 1. The van der Waals surface area contributed by atoms with Crippen LogP contribution in [0.15, 0.2) is 48.5 Å². The molecule has 0 aromatic heterocycles. The van der Waals surface area contributed by atoms with Gasteiger partial charge in [-0.05, 0) is 24.3 Å². The maximum atomic E-state index is 12.4. The first-order valence-electron chi connectivity index (χ1n) is 8.62. The SMILES string of the molecule is COc1ccc([C@H]2CCC[NH+]2CC(=O)Nc2ccccc2)c(OC)c1. The Morgan fingerprint density at radius 1 is 1.16 bits per heavy atom. The maximum absolute atomic E-state index is 12.4. The molecule has 5 heteroatoms. The highest BCUT2D eigenvalue weighted by atomic mass is 16.5. The maximum Gasteiger partial charge on any atom is 0.279 e. The zero-order valence-electron chi connectivity index (χ0n) is 14.7. The molecule has 2 atom stereocenters. The number of quaternary nitrogens is 1. The third kappa shape index (κ3) is 4.12. The van der Waals surface area contributed by atoms with Crippen molar-refractivity contribution in [2.24, 2.45) is 0 Å². The Hall–Kier alpha value is -2.53. The number of anilines is 1. The fraction of sp³-hybridized carbons (Fsp3) is 0.350. The van der Waals surface area contributed by atoms with E-state index >= 15 is 0 Å². The molecule has 132 valence electrons. The molecule has 2 N–H and O–H groups in total. The van der Waals surface area contributed by atoms with Crippen molar-refractivity contribution in [1.82, 2.24) is 0 Å². The highest BCUT2D eigenvalue weighted by Crippen LogP contribution is 2.31. The standard InChI is InChI=1S/C20H24N2O3/c1-24-16-10-11-17(19(13-16)25-2)18-9-6-12-22(18)14-20(23)21-15-7-4-3-5-8-15/h3-5,7-8,10-11,13,18H,6,9,12,14H2,1-2H3,(H,21,23)/p+1/t18-/m1/s1. The molecular formula is C20H25N2O3+. The minimum Gasteiger partial charge on any atom is -0.497 e. The van der Waals surface area contributed by atoms with Crippen LogP contribution in [0, 0.1) is 0 Å². The number of ether oxygens (including phenoxy) is 2. The molecular weight excluding hydrogens is 316 g/mol. The Kier molecular flexibility index (Phi) is 5.56. The molecule has 1 fully saturated rings. The molecule has 2 aromatic carbocycles. The minimum atomic E-state index is 0.0422. The van der Waals surface area contributed by atoms with Crippen LogP contribution in [-0.4, -0.2) is 33.2 Å². The lowest BCUT2D eigenvalue weighted by Gasteiger charge is -2.23. The third-order valence-electron chi connectivity index (χ3n) is 4.74. The second-order valence-electron chi connectivity index (χ2n) is 6.30. The van der Waals surface area contributed by atoms with E-state index < -0.39 is 0 Å². The van der Waals surface area contributed by atoms with Crippen molar-refractivity contribution in [3.8, 4) is 11.5 Å². The van der Waals surface area contributed by atoms with E-state index in [1.165, 1.54) is 4.90 Å². The van der Waals surface area contributed by atoms with Crippen LogP contribution in [0.4, 0.5) is 5.69 Å². The predicted molar refractivity (Wildman–Crippen MR) is 97.3 cm³/mol. The predicted octanol–water partition coefficient (Wildman–Crippen LogP) is 2.06. The first-order valence-corrected chi connectivity index (χ1v) is 8.62. The van der Waals surface area contributed by atoms with Crippen molar-refractivity contribution < 1.29 is 19.2 Å². The molecule has 1 saturated heterocycles. The van der Waals surface area contributed by atoms with Crippen molar-refractivity contribution in [3.63, 3.8) is 0 Å². The summed E-state index contributed by atoms with van der Waals surface area (Å²) in [6.45, 7) is 1.44. The van der Waals surface area contributed by atoms with Crippen LogP contribution in [0.25, 0.3) is 0 Å². The van der Waals surface area contributed by atoms with Crippen LogP contribution in [0.2, 0.25) is 0 Å². The Morgan fingerprint density at radius 3 is 2.68 bits per heavy atom. The van der Waals surface area contributed by atoms with Crippen molar-refractivity contribution in [2.75, 3.05) is 32.6 Å². The number of rotatable bonds is 6. The number of nitrogens with one attached hydrogen (secondary N) is 2. The number of methoxy groups -OCH3 is 2. The molecule has 0 aliphatic carbocycles. The van der Waals surface area contributed by atoms with E-state index in [-0.39, 0.29) is 11.9 Å². The van der Waals surface area contributed by atoms with E-state index in [0.29, 0.717) is 6.54 Å². The quantitative estimate of drug-likeness (QED) is 0.846. The van der Waals surface area contributed by atoms with Gasteiger partial charge in [0.05, 0.1) is 26.3 Å². The van der Waals surface area contributed by atoms with Crippen molar-refractivity contribution in [3.05, 3.63) is 54.1 Å². The van der Waals surface area contributed by atoms with Gasteiger partial charge in [0.15, 0.2) is 6.54 Å². The van der Waals surface area contributed by atoms with Gasteiger partial charge in [0.25, 0.3) is 5.91 Å². The molecule has 0 saturated carbocycles. The van der Waals surface area contributed by atoms with Crippen LogP contribution in [0.1, 0.15) is 24.4 Å². The zero-order chi connectivity index (χ0) is 17.6. The van der Waals surface area contributed by atoms with Gasteiger partial charge >= 0.3 is 0 Å². The molecule has 1 amide bonds. The molecule has 1 unspecified atom stereocenters. The number of amides is 1. The number of hydrogen-bond acceptors (Lipinski definition) is 3. The van der Waals surface area contributed by atoms with Crippen LogP contribution in [-0.2, 0) is 4.79 Å². The summed E-state index contributed by atoms with van der Waals surface area (Å²) in [5.41, 5.74) is 1.98. The van der Waals surface area contributed by atoms with E-state index in [1.54, 1.807) is 14.2 Å². The lowest BCUT2D eigenvalue weighted by molar-refractivity contribution is -0.910. The Bertz CT molecular complexity index is 718. The summed E-state index contributed by atoms with van der Waals surface area (Å²) in [5, 5.41) is 2.98. The molecule has 0 spiro atoms. The van der Waals surface area contributed by atoms with Crippen LogP contribution >= 0.6 is 0 Å². The smallest absolute Gasteiger partial charge is 0.279 e. The molecule has 2 aromatic rings. The number of carbonyl (C=O) groups is 1. The molecule has 1 aliphatic heterocycles. The van der Waals surface area contributed by atoms with Gasteiger partial charge in [0.2, 0.25) is 0 Å². The van der Waals surface area contributed by atoms with E-state index in [2.05, 4.69) is 11.4 Å². The second-order valence-corrected chi connectivity index (χ2v) is 6.30. The number of likely N-dealkylation sites (tertiary alicyclic amines) is 1. The van der Waals surface area contributed by atoms with E-state index in [4.69, 9.17) is 9.47 Å². The van der Waals surface area contributed by atoms with Gasteiger partial charge in [-0.2, -0.15) is 0 Å². The summed E-state index contributed by atoms with van der Waals surface area (Å²) in [6, 6.07) is 15.8. The van der Waals surface area contributed by atoms with Gasteiger partial charge < -0.3 is 19.7 Å². The minimum absolute atomic E-state index is 0.0422. The first kappa shape index (κ1) is 17.3. The lowest BCUT2D eigenvalue weighted by atomic mass is 10.0. The summed E-state index contributed by atoms with van der Waals surface area (Å²) in [7, 11) is 3.32. The van der Waals surface area contributed by atoms with E-state index in [9.17, 15) is 4.79 Å². The molecule has 1 aliphatic rings. The fourth-order valence-electron chi connectivity index (χ4n) is 3.54. The topological polar surface area (TPSA) is 52.0 Å². The van der Waals surface area contributed by atoms with Gasteiger partial charge in [-0.25, -0.2) is 0 Å². The summed E-state index contributed by atoms with van der Waals surface area (Å²) in [6.07, 6.45) is 2.16. The normalized spacial score (nSPS) is 19.4. The fourth-order valence-corrected chi connectivity index (χ4v) is 3.54. The summed E-state index contributed by atoms with van der Waals surface area (Å²) < 4.78 is 10.8. The van der Waals surface area contributed by atoms with Gasteiger partial charge in [-0.1, -0.05) is 18.2 Å². The Balaban J connectivity index is 1.71. The summed E-state index contributed by atoms with van der Waals surface area (Å²) in [5.74, 6) is 1.65. The van der Waals surface area contributed by atoms with Gasteiger partial charge in [0.1, 0.15) is 17.5 Å². The third-order valence-corrected chi connectivity index (χ3v) is 4.74. The van der Waals surface area contributed by atoms with E-state index in [0.717, 1.165) is 42.1 Å². The highest BCUT2D eigenvalue weighted by Gasteiger charge is 2.33. The van der Waals surface area contributed by atoms with E-state index in [1.807, 2.05) is 42.5 Å². The second kappa shape index (κ2) is 8.03. The van der Waals surface area contributed by atoms with Crippen LogP contribution in [0.3, 0.4) is 0 Å². The van der Waals surface area contributed by atoms with Crippen molar-refractivity contribution in [2.45, 2.75) is 18.9 Å². The zero-order valence-corrected chi connectivity index (χ0v) is 14.7. The largest absolute Gasteiger partial charge is 0.497 e. The van der Waals surface area contributed by atoms with Crippen molar-refractivity contribution >= 4 is 11.6 Å². The Morgan fingerprint density at radius 2 is 1.96 bits per heavy atom. The average Bonchev–Trinajstić information content (AvgIpc) is 3.09. The van der Waals surface area contributed by atoms with Gasteiger partial charge in [-0.15, -0.1) is 0 Å². The number of para-hydroxylation sites is 1. The monoisotopic (exact) mass is 341 g/mol. The molecule has 0 bridgehead atoms. The molecule has 1 heterocycles. The number of hydrogen-bond donors (Lipinski definition) is 2. The molecule has 25 heavy (non-hydrogen) atoms. The summed E-state index contributed by atoms with van der Waals surface area (Å²) >= 11 is 0. The van der Waals surface area contributed by atoms with Crippen molar-refractivity contribution in [1.29, 1.82) is 0 Å². The molecule has 5 nitrogen and oxygen atoms in total. The molecule has 0 radical (unpaired) electrons. The van der Waals surface area contributed by atoms with Crippen LogP contribution < -0.4 is 19.7 Å². The summed E-state index contributed by atoms with van der Waals surface area (Å²) in [4.78, 5) is 13.7. The first-order chi connectivity index (χ1) is 12.2. The molecule has 3 rings (SSSR count). The number of benzene rings is 2. The van der Waals surface area contributed by atoms with Crippen LogP contribution in [0.5, 0.6) is 11.5 Å². The van der Waals surface area contributed by atoms with Gasteiger partial charge in [0, 0.05) is 24.6 Å².